The zero-order chi connectivity index (χ0) is 16.9. The molecule has 134 valence electrons. The van der Waals surface area contributed by atoms with Gasteiger partial charge in [0, 0.05) is 31.8 Å². The van der Waals surface area contributed by atoms with Crippen molar-refractivity contribution in [1.82, 2.24) is 4.90 Å². The van der Waals surface area contributed by atoms with Crippen LogP contribution < -0.4 is 14.2 Å². The molecule has 4 heterocycles. The van der Waals surface area contributed by atoms with Crippen molar-refractivity contribution in [1.29, 1.82) is 0 Å². The van der Waals surface area contributed by atoms with Crippen LogP contribution in [0.3, 0.4) is 0 Å². The number of benzene rings is 1. The lowest BCUT2D eigenvalue weighted by Gasteiger charge is -2.47. The van der Waals surface area contributed by atoms with Gasteiger partial charge in [0.1, 0.15) is 12.2 Å². The molecule has 1 aliphatic carbocycles. The summed E-state index contributed by atoms with van der Waals surface area (Å²) < 4.78 is 28.7. The molecule has 1 aromatic rings. The van der Waals surface area contributed by atoms with E-state index >= 15 is 0 Å². The van der Waals surface area contributed by atoms with E-state index in [2.05, 4.69) is 4.90 Å². The van der Waals surface area contributed by atoms with E-state index in [1.165, 1.54) is 0 Å². The molecule has 6 rings (SSSR count). The number of ether oxygens (including phenoxy) is 5. The number of fused-ring (bicyclic) bond motifs is 3. The second-order valence-electron chi connectivity index (χ2n) is 7.59. The predicted molar refractivity (Wildman–Crippen MR) is 85.1 cm³/mol. The maximum Gasteiger partial charge on any atom is 0.231 e. The van der Waals surface area contributed by atoms with Crippen molar-refractivity contribution in [3.8, 4) is 17.2 Å². The summed E-state index contributed by atoms with van der Waals surface area (Å²) in [6.07, 6.45) is 0.508. The second kappa shape index (κ2) is 4.59. The van der Waals surface area contributed by atoms with Crippen LogP contribution in [-0.2, 0) is 21.4 Å². The number of rotatable bonds is 2. The molecule has 4 aliphatic heterocycles. The lowest BCUT2D eigenvalue weighted by Crippen LogP contribution is -2.59. The fraction of sp³-hybridized carbons (Fsp3) is 0.667. The molecular weight excluding hydrogens is 326 g/mol. The van der Waals surface area contributed by atoms with Crippen LogP contribution in [0, 0.1) is 0 Å². The third-order valence-corrected chi connectivity index (χ3v) is 6.83. The van der Waals surface area contributed by atoms with Gasteiger partial charge in [-0.25, -0.2) is 0 Å². The molecule has 0 aromatic heterocycles. The van der Waals surface area contributed by atoms with Crippen molar-refractivity contribution in [2.45, 2.75) is 48.8 Å². The summed E-state index contributed by atoms with van der Waals surface area (Å²) in [5.74, 6) is 2.10. The highest BCUT2D eigenvalue weighted by molar-refractivity contribution is 5.64. The Bertz CT molecular complexity index is 768. The minimum Gasteiger partial charge on any atom is -0.492 e. The van der Waals surface area contributed by atoms with Gasteiger partial charge in [0.2, 0.25) is 12.5 Å². The van der Waals surface area contributed by atoms with Crippen LogP contribution in [0.2, 0.25) is 0 Å². The van der Waals surface area contributed by atoms with Crippen LogP contribution in [0.25, 0.3) is 0 Å². The molecule has 2 unspecified atom stereocenters. The van der Waals surface area contributed by atoms with Gasteiger partial charge in [-0.2, -0.15) is 0 Å². The SMILES string of the molecule is COc1c2c(cc3c1OCO3)[C@@]13C(O)CN(C2)[C@@H]1C[C@@H](OC)[C@@H]1O[C@@H]13. The summed E-state index contributed by atoms with van der Waals surface area (Å²) >= 11 is 0. The Kier molecular flexibility index (Phi) is 2.68. The summed E-state index contributed by atoms with van der Waals surface area (Å²) in [4.78, 5) is 2.35. The van der Waals surface area contributed by atoms with Gasteiger partial charge >= 0.3 is 0 Å². The van der Waals surface area contributed by atoms with E-state index in [9.17, 15) is 5.11 Å². The first-order valence-corrected chi connectivity index (χ1v) is 8.80. The highest BCUT2D eigenvalue weighted by Crippen LogP contribution is 2.63. The fourth-order valence-corrected chi connectivity index (χ4v) is 5.82. The van der Waals surface area contributed by atoms with Crippen LogP contribution in [0.1, 0.15) is 17.5 Å². The molecule has 2 bridgehead atoms. The Hall–Kier alpha value is -1.54. The van der Waals surface area contributed by atoms with Gasteiger partial charge in [-0.05, 0) is 18.1 Å². The zero-order valence-corrected chi connectivity index (χ0v) is 14.2. The Labute approximate surface area is 145 Å². The molecule has 7 heteroatoms. The third-order valence-electron chi connectivity index (χ3n) is 6.83. The smallest absolute Gasteiger partial charge is 0.231 e. The van der Waals surface area contributed by atoms with Crippen molar-refractivity contribution in [2.75, 3.05) is 27.6 Å². The largest absolute Gasteiger partial charge is 0.492 e. The molecular formula is C18H21NO6. The Morgan fingerprint density at radius 2 is 2.20 bits per heavy atom. The lowest BCUT2D eigenvalue weighted by atomic mass is 9.61. The van der Waals surface area contributed by atoms with Crippen molar-refractivity contribution < 1.29 is 28.8 Å². The summed E-state index contributed by atoms with van der Waals surface area (Å²) in [5, 5.41) is 11.1. The molecule has 25 heavy (non-hydrogen) atoms. The van der Waals surface area contributed by atoms with Crippen molar-refractivity contribution in [3.63, 3.8) is 0 Å². The lowest BCUT2D eigenvalue weighted by molar-refractivity contribution is 0.0134. The molecule has 1 aromatic carbocycles. The molecule has 0 radical (unpaired) electrons. The van der Waals surface area contributed by atoms with Crippen LogP contribution in [0.4, 0.5) is 0 Å². The van der Waals surface area contributed by atoms with Crippen LogP contribution in [-0.4, -0.2) is 68.0 Å². The maximum atomic E-state index is 11.1. The number of nitrogens with zero attached hydrogens (tertiary/aromatic N) is 1. The molecule has 1 N–H and O–H groups in total. The molecule has 1 saturated carbocycles. The first kappa shape index (κ1) is 14.6. The number of methoxy groups -OCH3 is 2. The molecule has 0 spiro atoms. The van der Waals surface area contributed by atoms with Crippen molar-refractivity contribution in [2.24, 2.45) is 0 Å². The number of hydrogen-bond acceptors (Lipinski definition) is 7. The van der Waals surface area contributed by atoms with Gasteiger partial charge in [-0.1, -0.05) is 0 Å². The number of aliphatic hydroxyl groups excluding tert-OH is 1. The fourth-order valence-electron chi connectivity index (χ4n) is 5.82. The van der Waals surface area contributed by atoms with E-state index in [0.717, 1.165) is 29.8 Å². The van der Waals surface area contributed by atoms with E-state index in [1.807, 2.05) is 6.07 Å². The van der Waals surface area contributed by atoms with Gasteiger partial charge < -0.3 is 28.8 Å². The quantitative estimate of drug-likeness (QED) is 0.777. The molecule has 5 aliphatic rings. The summed E-state index contributed by atoms with van der Waals surface area (Å²) in [7, 11) is 3.40. The topological polar surface area (TPSA) is 72.9 Å². The molecule has 3 fully saturated rings. The molecule has 0 amide bonds. The van der Waals surface area contributed by atoms with E-state index in [1.54, 1.807) is 14.2 Å². The number of aliphatic hydroxyl groups is 1. The average molecular weight is 347 g/mol. The first-order valence-electron chi connectivity index (χ1n) is 8.80. The van der Waals surface area contributed by atoms with E-state index in [-0.39, 0.29) is 31.1 Å². The van der Waals surface area contributed by atoms with E-state index in [4.69, 9.17) is 23.7 Å². The van der Waals surface area contributed by atoms with Gasteiger partial charge in [0.25, 0.3) is 0 Å². The van der Waals surface area contributed by atoms with Crippen LogP contribution >= 0.6 is 0 Å². The summed E-state index contributed by atoms with van der Waals surface area (Å²) in [5.41, 5.74) is 1.74. The normalized spacial score (nSPS) is 44.8. The Balaban J connectivity index is 1.60. The first-order chi connectivity index (χ1) is 12.2. The number of hydrogen-bond donors (Lipinski definition) is 1. The van der Waals surface area contributed by atoms with E-state index < -0.39 is 11.5 Å². The molecule has 2 saturated heterocycles. The summed E-state index contributed by atoms with van der Waals surface area (Å²) in [6.45, 7) is 1.57. The minimum atomic E-state index is -0.475. The third kappa shape index (κ3) is 1.53. The number of epoxide rings is 1. The standard InChI is InChI=1S/C18H21NO6/c1-21-10-4-12-18(17-16(10)25-17)9-3-11-15(24-7-23-11)14(22-2)8(9)5-19(12)6-13(18)20/h3,10,12-13,16-17,20H,4-7H2,1-2H3/t10-,12-,13?,16+,17+,18+/m1/s1. The molecule has 7 atom stereocenters. The van der Waals surface area contributed by atoms with Crippen LogP contribution in [0.5, 0.6) is 17.2 Å². The highest BCUT2D eigenvalue weighted by Gasteiger charge is 2.74. The predicted octanol–water partition coefficient (Wildman–Crippen LogP) is 0.406. The summed E-state index contributed by atoms with van der Waals surface area (Å²) in [6, 6.07) is 2.25. The zero-order valence-electron chi connectivity index (χ0n) is 14.2. The van der Waals surface area contributed by atoms with Crippen molar-refractivity contribution in [3.05, 3.63) is 17.2 Å². The monoisotopic (exact) mass is 347 g/mol. The van der Waals surface area contributed by atoms with Crippen molar-refractivity contribution >= 4 is 0 Å². The van der Waals surface area contributed by atoms with Gasteiger partial charge in [0.05, 0.1) is 24.7 Å². The minimum absolute atomic E-state index is 0.0275. The van der Waals surface area contributed by atoms with Gasteiger partial charge in [-0.15, -0.1) is 0 Å². The van der Waals surface area contributed by atoms with Crippen LogP contribution in [0.15, 0.2) is 6.07 Å². The molecule has 7 nitrogen and oxygen atoms in total. The average Bonchev–Trinajstić information content (AvgIpc) is 3.24. The second-order valence-corrected chi connectivity index (χ2v) is 7.59. The Morgan fingerprint density at radius 1 is 1.32 bits per heavy atom. The Morgan fingerprint density at radius 3 is 3.00 bits per heavy atom. The van der Waals surface area contributed by atoms with Gasteiger partial charge in [0.15, 0.2) is 11.5 Å². The maximum absolute atomic E-state index is 11.1. The van der Waals surface area contributed by atoms with E-state index in [0.29, 0.717) is 18.0 Å². The highest BCUT2D eigenvalue weighted by atomic mass is 16.7. The van der Waals surface area contributed by atoms with Gasteiger partial charge in [-0.3, -0.25) is 4.90 Å².